The van der Waals surface area contributed by atoms with Gasteiger partial charge in [0.15, 0.2) is 5.58 Å². The third kappa shape index (κ3) is 3.23. The summed E-state index contributed by atoms with van der Waals surface area (Å²) in [7, 11) is 2.00. The van der Waals surface area contributed by atoms with Gasteiger partial charge in [-0.25, -0.2) is 0 Å². The lowest BCUT2D eigenvalue weighted by Crippen LogP contribution is -2.31. The van der Waals surface area contributed by atoms with Gasteiger partial charge in [0, 0.05) is 20.1 Å². The standard InChI is InChI=1S/C14H21N3O/c1-11(2)10-15-8-9-17(3)14-16-12-6-4-5-7-13(12)18-14/h4-7,11,15H,8-10H2,1-3H3. The van der Waals surface area contributed by atoms with Crippen LogP contribution in [0.3, 0.4) is 0 Å². The monoisotopic (exact) mass is 247 g/mol. The molecule has 18 heavy (non-hydrogen) atoms. The highest BCUT2D eigenvalue weighted by Crippen LogP contribution is 2.20. The molecular weight excluding hydrogens is 226 g/mol. The normalized spacial score (nSPS) is 11.3. The number of benzene rings is 1. The lowest BCUT2D eigenvalue weighted by Gasteiger charge is -2.15. The van der Waals surface area contributed by atoms with Crippen LogP contribution in [0.4, 0.5) is 6.01 Å². The molecule has 98 valence electrons. The maximum atomic E-state index is 5.69. The molecule has 1 N–H and O–H groups in total. The zero-order valence-corrected chi connectivity index (χ0v) is 11.3. The van der Waals surface area contributed by atoms with E-state index in [0.717, 1.165) is 30.7 Å². The molecule has 0 fully saturated rings. The van der Waals surface area contributed by atoms with Crippen LogP contribution in [0.25, 0.3) is 11.1 Å². The molecule has 1 heterocycles. The van der Waals surface area contributed by atoms with Crippen molar-refractivity contribution in [2.75, 3.05) is 31.6 Å². The van der Waals surface area contributed by atoms with Crippen molar-refractivity contribution in [2.45, 2.75) is 13.8 Å². The second kappa shape index (κ2) is 5.87. The summed E-state index contributed by atoms with van der Waals surface area (Å²) < 4.78 is 5.69. The number of hydrogen-bond donors (Lipinski definition) is 1. The van der Waals surface area contributed by atoms with E-state index in [4.69, 9.17) is 4.42 Å². The molecule has 2 aromatic rings. The summed E-state index contributed by atoms with van der Waals surface area (Å²) in [5.74, 6) is 0.680. The van der Waals surface area contributed by atoms with Gasteiger partial charge in [-0.05, 0) is 24.6 Å². The van der Waals surface area contributed by atoms with Crippen molar-refractivity contribution in [3.05, 3.63) is 24.3 Å². The lowest BCUT2D eigenvalue weighted by atomic mass is 10.2. The minimum Gasteiger partial charge on any atom is -0.423 e. The van der Waals surface area contributed by atoms with Crippen molar-refractivity contribution >= 4 is 17.1 Å². The number of anilines is 1. The molecule has 0 radical (unpaired) electrons. The Bertz CT molecular complexity index is 459. The Hall–Kier alpha value is -1.55. The molecule has 0 saturated heterocycles. The van der Waals surface area contributed by atoms with E-state index < -0.39 is 0 Å². The lowest BCUT2D eigenvalue weighted by molar-refractivity contribution is 0.538. The first-order valence-corrected chi connectivity index (χ1v) is 6.44. The molecule has 4 heteroatoms. The largest absolute Gasteiger partial charge is 0.423 e. The van der Waals surface area contributed by atoms with Gasteiger partial charge in [-0.3, -0.25) is 0 Å². The zero-order valence-electron chi connectivity index (χ0n) is 11.3. The Labute approximate surface area is 108 Å². The van der Waals surface area contributed by atoms with E-state index in [2.05, 4.69) is 24.1 Å². The van der Waals surface area contributed by atoms with Crippen LogP contribution >= 0.6 is 0 Å². The Morgan fingerprint density at radius 3 is 2.83 bits per heavy atom. The first-order valence-electron chi connectivity index (χ1n) is 6.44. The number of oxazole rings is 1. The number of aromatic nitrogens is 1. The van der Waals surface area contributed by atoms with Gasteiger partial charge in [-0.1, -0.05) is 26.0 Å². The highest BCUT2D eigenvalue weighted by molar-refractivity contribution is 5.74. The molecule has 0 saturated carbocycles. The Morgan fingerprint density at radius 2 is 2.11 bits per heavy atom. The Morgan fingerprint density at radius 1 is 1.33 bits per heavy atom. The average molecular weight is 247 g/mol. The van der Waals surface area contributed by atoms with Crippen molar-refractivity contribution in [1.82, 2.24) is 10.3 Å². The second-order valence-corrected chi connectivity index (χ2v) is 4.98. The minimum absolute atomic E-state index is 0.680. The van der Waals surface area contributed by atoms with Crippen LogP contribution in [0.15, 0.2) is 28.7 Å². The molecular formula is C14H21N3O. The summed E-state index contributed by atoms with van der Waals surface area (Å²) in [6, 6.07) is 8.52. The molecule has 0 unspecified atom stereocenters. The third-order valence-corrected chi connectivity index (χ3v) is 2.79. The fourth-order valence-corrected chi connectivity index (χ4v) is 1.76. The van der Waals surface area contributed by atoms with Crippen LogP contribution < -0.4 is 10.2 Å². The van der Waals surface area contributed by atoms with Gasteiger partial charge in [0.25, 0.3) is 6.01 Å². The van der Waals surface area contributed by atoms with Crippen LogP contribution in [0.1, 0.15) is 13.8 Å². The van der Waals surface area contributed by atoms with E-state index in [1.165, 1.54) is 0 Å². The van der Waals surface area contributed by atoms with Crippen LogP contribution in [-0.4, -0.2) is 31.7 Å². The molecule has 0 bridgehead atoms. The summed E-state index contributed by atoms with van der Waals surface area (Å²) in [4.78, 5) is 6.49. The third-order valence-electron chi connectivity index (χ3n) is 2.79. The van der Waals surface area contributed by atoms with E-state index >= 15 is 0 Å². The maximum absolute atomic E-state index is 5.69. The topological polar surface area (TPSA) is 41.3 Å². The van der Waals surface area contributed by atoms with Crippen molar-refractivity contribution in [3.8, 4) is 0 Å². The maximum Gasteiger partial charge on any atom is 0.298 e. The van der Waals surface area contributed by atoms with Gasteiger partial charge in [-0.2, -0.15) is 4.98 Å². The highest BCUT2D eigenvalue weighted by atomic mass is 16.4. The van der Waals surface area contributed by atoms with E-state index in [-0.39, 0.29) is 0 Å². The molecule has 2 rings (SSSR count). The summed E-state index contributed by atoms with van der Waals surface area (Å²) in [5.41, 5.74) is 1.75. The molecule has 1 aromatic heterocycles. The Kier molecular flexibility index (Phi) is 4.20. The first kappa shape index (κ1) is 12.9. The number of nitrogens with one attached hydrogen (secondary N) is 1. The molecule has 0 spiro atoms. The van der Waals surface area contributed by atoms with Crippen LogP contribution in [-0.2, 0) is 0 Å². The first-order chi connectivity index (χ1) is 8.66. The van der Waals surface area contributed by atoms with Gasteiger partial charge in [-0.15, -0.1) is 0 Å². The van der Waals surface area contributed by atoms with Gasteiger partial charge < -0.3 is 14.6 Å². The molecule has 0 aliphatic carbocycles. The van der Waals surface area contributed by atoms with E-state index in [0.29, 0.717) is 11.9 Å². The van der Waals surface area contributed by atoms with Gasteiger partial charge in [0.2, 0.25) is 0 Å². The smallest absolute Gasteiger partial charge is 0.298 e. The zero-order chi connectivity index (χ0) is 13.0. The van der Waals surface area contributed by atoms with Crippen LogP contribution in [0.2, 0.25) is 0 Å². The van der Waals surface area contributed by atoms with Crippen LogP contribution in [0, 0.1) is 5.92 Å². The van der Waals surface area contributed by atoms with Gasteiger partial charge in [0.05, 0.1) is 0 Å². The predicted molar refractivity (Wildman–Crippen MR) is 75.0 cm³/mol. The molecule has 0 amide bonds. The number of para-hydroxylation sites is 2. The summed E-state index contributed by atoms with van der Waals surface area (Å²) in [6.45, 7) is 7.28. The summed E-state index contributed by atoms with van der Waals surface area (Å²) in [5, 5.41) is 3.41. The number of rotatable bonds is 6. The number of likely N-dealkylation sites (N-methyl/N-ethyl adjacent to an activating group) is 1. The molecule has 0 aliphatic rings. The second-order valence-electron chi connectivity index (χ2n) is 4.98. The highest BCUT2D eigenvalue weighted by Gasteiger charge is 2.09. The summed E-state index contributed by atoms with van der Waals surface area (Å²) in [6.07, 6.45) is 0. The number of hydrogen-bond acceptors (Lipinski definition) is 4. The molecule has 4 nitrogen and oxygen atoms in total. The van der Waals surface area contributed by atoms with E-state index in [1.54, 1.807) is 0 Å². The number of fused-ring (bicyclic) bond motifs is 1. The van der Waals surface area contributed by atoms with E-state index in [9.17, 15) is 0 Å². The quantitative estimate of drug-likeness (QED) is 0.796. The van der Waals surface area contributed by atoms with Crippen molar-refractivity contribution < 1.29 is 4.42 Å². The van der Waals surface area contributed by atoms with E-state index in [1.807, 2.05) is 36.2 Å². The minimum atomic E-state index is 0.680. The van der Waals surface area contributed by atoms with Crippen molar-refractivity contribution in [2.24, 2.45) is 5.92 Å². The van der Waals surface area contributed by atoms with Crippen molar-refractivity contribution in [3.63, 3.8) is 0 Å². The average Bonchev–Trinajstić information content (AvgIpc) is 2.78. The van der Waals surface area contributed by atoms with Crippen molar-refractivity contribution in [1.29, 1.82) is 0 Å². The van der Waals surface area contributed by atoms with Crippen LogP contribution in [0.5, 0.6) is 0 Å². The Balaban J connectivity index is 1.90. The fraction of sp³-hybridized carbons (Fsp3) is 0.500. The van der Waals surface area contributed by atoms with Gasteiger partial charge in [0.1, 0.15) is 5.52 Å². The fourth-order valence-electron chi connectivity index (χ4n) is 1.76. The summed E-state index contributed by atoms with van der Waals surface area (Å²) >= 11 is 0. The molecule has 0 aliphatic heterocycles. The van der Waals surface area contributed by atoms with Gasteiger partial charge >= 0.3 is 0 Å². The predicted octanol–water partition coefficient (Wildman–Crippen LogP) is 2.51. The SMILES string of the molecule is CC(C)CNCCN(C)c1nc2ccccc2o1. The number of nitrogens with zero attached hydrogens (tertiary/aromatic N) is 2. The molecule has 0 atom stereocenters. The molecule has 1 aromatic carbocycles.